The van der Waals surface area contributed by atoms with Crippen LogP contribution >= 0.6 is 0 Å². The van der Waals surface area contributed by atoms with Gasteiger partial charge in [0.25, 0.3) is 0 Å². The standard InChI is InChI=1S/C30H22O2/c1-3-17-12-14-23-21(16-17)29-27-20(9-7-11-24(27)32-23)26-18(4-2)13-15-25-30(26)28(29)19-8-5-6-10-22(19)31-25/h5-16H,3-4H2,1-2H3. The number of hydrogen-bond acceptors (Lipinski definition) is 2. The molecule has 2 heterocycles. The third-order valence-corrected chi connectivity index (χ3v) is 7.00. The fraction of sp³-hybridized carbons (Fsp3) is 0.133. The summed E-state index contributed by atoms with van der Waals surface area (Å²) < 4.78 is 12.9. The van der Waals surface area contributed by atoms with Gasteiger partial charge in [-0.25, -0.2) is 0 Å². The average Bonchev–Trinajstić information content (AvgIpc) is 2.85. The zero-order valence-electron chi connectivity index (χ0n) is 18.2. The molecule has 2 nitrogen and oxygen atoms in total. The van der Waals surface area contributed by atoms with Crippen LogP contribution in [0.3, 0.4) is 0 Å². The molecule has 0 bridgehead atoms. The summed E-state index contributed by atoms with van der Waals surface area (Å²) in [7, 11) is 0. The minimum Gasteiger partial charge on any atom is -0.456 e. The van der Waals surface area contributed by atoms with Crippen LogP contribution in [-0.2, 0) is 12.8 Å². The molecule has 32 heavy (non-hydrogen) atoms. The highest BCUT2D eigenvalue weighted by atomic mass is 16.3. The predicted molar refractivity (Wildman–Crippen MR) is 135 cm³/mol. The Morgan fingerprint density at radius 1 is 0.500 bits per heavy atom. The van der Waals surface area contributed by atoms with Crippen molar-refractivity contribution in [3.8, 4) is 0 Å². The van der Waals surface area contributed by atoms with Crippen LogP contribution in [-0.4, -0.2) is 0 Å². The summed E-state index contributed by atoms with van der Waals surface area (Å²) in [5.74, 6) is 0. The van der Waals surface area contributed by atoms with Crippen molar-refractivity contribution >= 4 is 65.4 Å². The first-order valence-electron chi connectivity index (χ1n) is 11.4. The van der Waals surface area contributed by atoms with E-state index in [-0.39, 0.29) is 0 Å². The van der Waals surface area contributed by atoms with E-state index in [0.29, 0.717) is 0 Å². The second kappa shape index (κ2) is 6.37. The summed E-state index contributed by atoms with van der Waals surface area (Å²) in [5, 5.41) is 9.82. The molecule has 5 aromatic carbocycles. The molecule has 0 N–H and O–H groups in total. The van der Waals surface area contributed by atoms with Crippen molar-refractivity contribution in [2.75, 3.05) is 0 Å². The van der Waals surface area contributed by atoms with Gasteiger partial charge in [0.1, 0.15) is 22.3 Å². The van der Waals surface area contributed by atoms with Gasteiger partial charge in [-0.3, -0.25) is 0 Å². The lowest BCUT2D eigenvalue weighted by Gasteiger charge is -2.19. The highest BCUT2D eigenvalue weighted by Crippen LogP contribution is 2.47. The smallest absolute Gasteiger partial charge is 0.135 e. The summed E-state index contributed by atoms with van der Waals surface area (Å²) in [6.45, 7) is 4.43. The first-order valence-corrected chi connectivity index (χ1v) is 11.4. The van der Waals surface area contributed by atoms with Gasteiger partial charge >= 0.3 is 0 Å². The molecule has 2 heteroatoms. The maximum atomic E-state index is 6.48. The van der Waals surface area contributed by atoms with E-state index >= 15 is 0 Å². The summed E-state index contributed by atoms with van der Waals surface area (Å²) in [5.41, 5.74) is 6.37. The van der Waals surface area contributed by atoms with Crippen molar-refractivity contribution in [1.29, 1.82) is 0 Å². The molecule has 0 saturated carbocycles. The van der Waals surface area contributed by atoms with Gasteiger partial charge in [0, 0.05) is 32.3 Å². The quantitative estimate of drug-likeness (QED) is 0.208. The topological polar surface area (TPSA) is 26.3 Å². The number of aryl methyl sites for hydroxylation is 2. The lowest BCUT2D eigenvalue weighted by atomic mass is 9.87. The lowest BCUT2D eigenvalue weighted by Crippen LogP contribution is -1.93. The molecule has 0 unspecified atom stereocenters. The molecule has 7 aromatic rings. The van der Waals surface area contributed by atoms with Crippen LogP contribution in [0.25, 0.3) is 65.4 Å². The largest absolute Gasteiger partial charge is 0.456 e. The molecule has 0 aliphatic carbocycles. The van der Waals surface area contributed by atoms with Crippen molar-refractivity contribution in [3.63, 3.8) is 0 Å². The van der Waals surface area contributed by atoms with Gasteiger partial charge < -0.3 is 8.83 Å². The number of fused-ring (bicyclic) bond motifs is 6. The molecule has 7 rings (SSSR count). The maximum Gasteiger partial charge on any atom is 0.135 e. The molecule has 0 fully saturated rings. The molecule has 0 aliphatic heterocycles. The number of hydrogen-bond donors (Lipinski definition) is 0. The van der Waals surface area contributed by atoms with E-state index in [0.717, 1.165) is 40.6 Å². The second-order valence-electron chi connectivity index (χ2n) is 8.64. The van der Waals surface area contributed by atoms with E-state index < -0.39 is 0 Å². The Labute approximate surface area is 185 Å². The van der Waals surface area contributed by atoms with Crippen molar-refractivity contribution in [2.24, 2.45) is 0 Å². The monoisotopic (exact) mass is 414 g/mol. The van der Waals surface area contributed by atoms with Crippen molar-refractivity contribution < 1.29 is 8.83 Å². The van der Waals surface area contributed by atoms with Gasteiger partial charge in [0.05, 0.1) is 0 Å². The summed E-state index contributed by atoms with van der Waals surface area (Å²) in [4.78, 5) is 0. The van der Waals surface area contributed by atoms with Crippen LogP contribution in [0.15, 0.2) is 81.6 Å². The molecule has 0 aliphatic rings. The third-order valence-electron chi connectivity index (χ3n) is 7.00. The Balaban J connectivity index is 1.96. The van der Waals surface area contributed by atoms with Gasteiger partial charge in [-0.1, -0.05) is 56.3 Å². The molecule has 0 atom stereocenters. The SMILES string of the molecule is CCc1ccc2oc3cccc4c5c(CC)ccc6oc7ccccc7c(c65)c(c2c1)c34. The van der Waals surface area contributed by atoms with Crippen LogP contribution in [0.1, 0.15) is 25.0 Å². The highest BCUT2D eigenvalue weighted by molar-refractivity contribution is 6.40. The highest BCUT2D eigenvalue weighted by Gasteiger charge is 2.21. The second-order valence-corrected chi connectivity index (χ2v) is 8.64. The molecular weight excluding hydrogens is 392 g/mol. The zero-order valence-corrected chi connectivity index (χ0v) is 18.2. The fourth-order valence-electron chi connectivity index (χ4n) is 5.51. The van der Waals surface area contributed by atoms with Crippen LogP contribution in [0.2, 0.25) is 0 Å². The van der Waals surface area contributed by atoms with E-state index in [1.54, 1.807) is 0 Å². The Morgan fingerprint density at radius 2 is 1.19 bits per heavy atom. The lowest BCUT2D eigenvalue weighted by molar-refractivity contribution is 0.660. The normalized spacial score (nSPS) is 12.3. The molecule has 0 spiro atoms. The van der Waals surface area contributed by atoms with Crippen LogP contribution in [0.5, 0.6) is 0 Å². The minimum absolute atomic E-state index is 0.915. The minimum atomic E-state index is 0.915. The molecule has 2 aromatic heterocycles. The molecular formula is C30H22O2. The molecule has 0 radical (unpaired) electrons. The van der Waals surface area contributed by atoms with Crippen LogP contribution < -0.4 is 0 Å². The fourth-order valence-corrected chi connectivity index (χ4v) is 5.51. The summed E-state index contributed by atoms with van der Waals surface area (Å²) >= 11 is 0. The molecule has 0 amide bonds. The van der Waals surface area contributed by atoms with E-state index in [2.05, 4.69) is 80.6 Å². The Morgan fingerprint density at radius 3 is 2.03 bits per heavy atom. The van der Waals surface area contributed by atoms with Gasteiger partial charge in [0.15, 0.2) is 0 Å². The van der Waals surface area contributed by atoms with Crippen molar-refractivity contribution in [2.45, 2.75) is 26.7 Å². The van der Waals surface area contributed by atoms with Gasteiger partial charge in [-0.15, -0.1) is 0 Å². The maximum absolute atomic E-state index is 6.48. The van der Waals surface area contributed by atoms with E-state index in [1.165, 1.54) is 48.8 Å². The molecule has 154 valence electrons. The van der Waals surface area contributed by atoms with Crippen LogP contribution in [0.4, 0.5) is 0 Å². The van der Waals surface area contributed by atoms with E-state index in [9.17, 15) is 0 Å². The van der Waals surface area contributed by atoms with E-state index in [4.69, 9.17) is 8.83 Å². The Hall–Kier alpha value is -3.78. The van der Waals surface area contributed by atoms with E-state index in [1.807, 2.05) is 6.07 Å². The number of rotatable bonds is 2. The average molecular weight is 415 g/mol. The van der Waals surface area contributed by atoms with Gasteiger partial charge in [-0.2, -0.15) is 0 Å². The van der Waals surface area contributed by atoms with Gasteiger partial charge in [-0.05, 0) is 65.1 Å². The van der Waals surface area contributed by atoms with Gasteiger partial charge in [0.2, 0.25) is 0 Å². The molecule has 0 saturated heterocycles. The zero-order chi connectivity index (χ0) is 21.4. The van der Waals surface area contributed by atoms with Crippen LogP contribution in [0, 0.1) is 0 Å². The third kappa shape index (κ3) is 2.19. The first-order chi connectivity index (χ1) is 15.8. The summed E-state index contributed by atoms with van der Waals surface area (Å²) in [6, 6.07) is 25.8. The summed E-state index contributed by atoms with van der Waals surface area (Å²) in [6.07, 6.45) is 1.96. The Kier molecular flexibility index (Phi) is 3.55. The van der Waals surface area contributed by atoms with Crippen molar-refractivity contribution in [1.82, 2.24) is 0 Å². The first kappa shape index (κ1) is 17.9. The number of para-hydroxylation sites is 1. The predicted octanol–water partition coefficient (Wildman–Crippen LogP) is 8.92. The number of benzene rings is 5. The van der Waals surface area contributed by atoms with Crippen molar-refractivity contribution in [3.05, 3.63) is 83.9 Å². The Bertz CT molecular complexity index is 1850.